The Bertz CT molecular complexity index is 391. The Morgan fingerprint density at radius 1 is 1.19 bits per heavy atom. The fourth-order valence-electron chi connectivity index (χ4n) is 2.28. The minimum atomic E-state index is 1.10. The smallest absolute Gasteiger partial charge is 0.0282 e. The number of benzene rings is 1. The van der Waals surface area contributed by atoms with Crippen LogP contribution < -0.4 is 0 Å². The molecule has 0 amide bonds. The number of unbranched alkanes of at least 4 members (excludes halogenated alkanes) is 3. The highest BCUT2D eigenvalue weighted by molar-refractivity contribution is 9.10. The highest BCUT2D eigenvalue weighted by atomic mass is 79.9. The summed E-state index contributed by atoms with van der Waals surface area (Å²) < 4.78 is 1.33. The number of halogens is 1. The van der Waals surface area contributed by atoms with Gasteiger partial charge >= 0.3 is 0 Å². The lowest BCUT2D eigenvalue weighted by atomic mass is 10.0. The molecule has 0 aliphatic heterocycles. The van der Waals surface area contributed by atoms with Crippen molar-refractivity contribution in [3.05, 3.63) is 39.4 Å². The monoisotopic (exact) mass is 278 g/mol. The van der Waals surface area contributed by atoms with E-state index in [1.807, 2.05) is 0 Å². The van der Waals surface area contributed by atoms with Gasteiger partial charge in [0.05, 0.1) is 0 Å². The third-order valence-electron chi connectivity index (χ3n) is 3.27. The first-order chi connectivity index (χ1) is 7.83. The molecule has 0 radical (unpaired) electrons. The van der Waals surface area contributed by atoms with Gasteiger partial charge in [0.25, 0.3) is 0 Å². The number of hydrogen-bond donors (Lipinski definition) is 0. The third kappa shape index (κ3) is 2.57. The summed E-state index contributed by atoms with van der Waals surface area (Å²) in [6, 6.07) is 4.58. The molecule has 0 unspecified atom stereocenters. The molecule has 0 saturated heterocycles. The molecule has 0 bridgehead atoms. The van der Waals surface area contributed by atoms with Gasteiger partial charge in [0.2, 0.25) is 0 Å². The van der Waals surface area contributed by atoms with E-state index in [-0.39, 0.29) is 0 Å². The van der Waals surface area contributed by atoms with Gasteiger partial charge < -0.3 is 0 Å². The topological polar surface area (TPSA) is 0 Å². The zero-order valence-electron chi connectivity index (χ0n) is 9.93. The largest absolute Gasteiger partial charge is 0.0795 e. The minimum Gasteiger partial charge on any atom is -0.0795 e. The van der Waals surface area contributed by atoms with Crippen molar-refractivity contribution in [2.24, 2.45) is 0 Å². The maximum Gasteiger partial charge on any atom is 0.0282 e. The average molecular weight is 279 g/mol. The normalized spacial score (nSPS) is 13.1. The summed E-state index contributed by atoms with van der Waals surface area (Å²) in [6.45, 7) is 2.26. The minimum absolute atomic E-state index is 1.10. The van der Waals surface area contributed by atoms with E-state index >= 15 is 0 Å². The zero-order chi connectivity index (χ0) is 11.4. The summed E-state index contributed by atoms with van der Waals surface area (Å²) in [7, 11) is 0. The van der Waals surface area contributed by atoms with Gasteiger partial charge in [-0.25, -0.2) is 0 Å². The Kier molecular flexibility index (Phi) is 4.22. The molecule has 1 aliphatic rings. The number of hydrogen-bond acceptors (Lipinski definition) is 0. The number of aryl methyl sites for hydroxylation is 1. The standard InChI is InChI=1S/C15H19Br/c1-2-3-4-5-7-13-11-10-12-8-6-9-14(12)15(13)16/h6,9-11H,2-5,7-8H2,1H3. The van der Waals surface area contributed by atoms with Crippen LogP contribution in [0.3, 0.4) is 0 Å². The molecule has 2 rings (SSSR count). The van der Waals surface area contributed by atoms with Gasteiger partial charge in [0, 0.05) is 4.47 Å². The molecule has 0 fully saturated rings. The Labute approximate surface area is 107 Å². The van der Waals surface area contributed by atoms with E-state index in [4.69, 9.17) is 0 Å². The van der Waals surface area contributed by atoms with Crippen molar-refractivity contribution in [2.75, 3.05) is 0 Å². The Morgan fingerprint density at radius 3 is 2.88 bits per heavy atom. The van der Waals surface area contributed by atoms with Crippen molar-refractivity contribution in [1.82, 2.24) is 0 Å². The van der Waals surface area contributed by atoms with Crippen LogP contribution in [0.1, 0.15) is 49.3 Å². The molecule has 0 N–H and O–H groups in total. The molecule has 1 aliphatic carbocycles. The third-order valence-corrected chi connectivity index (χ3v) is 4.21. The number of rotatable bonds is 5. The van der Waals surface area contributed by atoms with E-state index < -0.39 is 0 Å². The van der Waals surface area contributed by atoms with Crippen LogP contribution in [-0.2, 0) is 12.8 Å². The van der Waals surface area contributed by atoms with Crippen LogP contribution in [0.15, 0.2) is 22.7 Å². The predicted octanol–water partition coefficient (Wildman–Crippen LogP) is 5.14. The Hall–Kier alpha value is -0.560. The predicted molar refractivity (Wildman–Crippen MR) is 74.7 cm³/mol. The molecule has 0 spiro atoms. The second-order valence-corrected chi connectivity index (χ2v) is 5.32. The number of allylic oxidation sites excluding steroid dienone is 1. The molecule has 1 heteroatoms. The molecular formula is C15H19Br. The first-order valence-corrected chi connectivity index (χ1v) is 7.09. The van der Waals surface area contributed by atoms with E-state index in [1.54, 1.807) is 0 Å². The van der Waals surface area contributed by atoms with E-state index in [1.165, 1.54) is 53.3 Å². The second kappa shape index (κ2) is 5.67. The van der Waals surface area contributed by atoms with Gasteiger partial charge in [0.1, 0.15) is 0 Å². The first kappa shape index (κ1) is 11.9. The van der Waals surface area contributed by atoms with Gasteiger partial charge in [-0.05, 0) is 51.9 Å². The molecular weight excluding hydrogens is 260 g/mol. The summed E-state index contributed by atoms with van der Waals surface area (Å²) in [6.07, 6.45) is 12.2. The van der Waals surface area contributed by atoms with Gasteiger partial charge in [-0.3, -0.25) is 0 Å². The molecule has 0 heterocycles. The summed E-state index contributed by atoms with van der Waals surface area (Å²) in [5.74, 6) is 0. The second-order valence-electron chi connectivity index (χ2n) is 4.53. The fourth-order valence-corrected chi connectivity index (χ4v) is 2.99. The van der Waals surface area contributed by atoms with Crippen LogP contribution in [0.5, 0.6) is 0 Å². The molecule has 1 aromatic carbocycles. The molecule has 16 heavy (non-hydrogen) atoms. The van der Waals surface area contributed by atoms with E-state index in [9.17, 15) is 0 Å². The molecule has 0 nitrogen and oxygen atoms in total. The van der Waals surface area contributed by atoms with Crippen molar-refractivity contribution in [2.45, 2.75) is 45.4 Å². The Morgan fingerprint density at radius 2 is 2.06 bits per heavy atom. The van der Waals surface area contributed by atoms with E-state index in [2.05, 4.69) is 47.1 Å². The molecule has 0 atom stereocenters. The lowest BCUT2D eigenvalue weighted by Gasteiger charge is -2.09. The first-order valence-electron chi connectivity index (χ1n) is 6.29. The number of fused-ring (bicyclic) bond motifs is 1. The van der Waals surface area contributed by atoms with Crippen LogP contribution in [-0.4, -0.2) is 0 Å². The van der Waals surface area contributed by atoms with Crippen LogP contribution in [0.25, 0.3) is 6.08 Å². The SMILES string of the molecule is CCCCCCc1ccc2c(c1Br)C=CC2. The lowest BCUT2D eigenvalue weighted by molar-refractivity contribution is 0.666. The van der Waals surface area contributed by atoms with Crippen molar-refractivity contribution in [3.8, 4) is 0 Å². The van der Waals surface area contributed by atoms with Gasteiger partial charge in [0.15, 0.2) is 0 Å². The summed E-state index contributed by atoms with van der Waals surface area (Å²) in [5.41, 5.74) is 4.35. The average Bonchev–Trinajstić information content (AvgIpc) is 2.76. The van der Waals surface area contributed by atoms with Crippen molar-refractivity contribution >= 4 is 22.0 Å². The van der Waals surface area contributed by atoms with Gasteiger partial charge in [-0.15, -0.1) is 0 Å². The van der Waals surface area contributed by atoms with Crippen LogP contribution in [0, 0.1) is 0 Å². The molecule has 0 aromatic heterocycles. The summed E-state index contributed by atoms with van der Waals surface area (Å²) in [4.78, 5) is 0. The maximum atomic E-state index is 3.75. The zero-order valence-corrected chi connectivity index (χ0v) is 11.5. The van der Waals surface area contributed by atoms with E-state index in [0.29, 0.717) is 0 Å². The van der Waals surface area contributed by atoms with Gasteiger partial charge in [-0.1, -0.05) is 50.5 Å². The van der Waals surface area contributed by atoms with Crippen LogP contribution in [0.4, 0.5) is 0 Å². The van der Waals surface area contributed by atoms with E-state index in [0.717, 1.165) is 6.42 Å². The highest BCUT2D eigenvalue weighted by Crippen LogP contribution is 2.31. The van der Waals surface area contributed by atoms with Gasteiger partial charge in [-0.2, -0.15) is 0 Å². The molecule has 1 aromatic rings. The summed E-state index contributed by atoms with van der Waals surface area (Å²) in [5, 5.41) is 0. The Balaban J connectivity index is 2.02. The fraction of sp³-hybridized carbons (Fsp3) is 0.467. The quantitative estimate of drug-likeness (QED) is 0.654. The highest BCUT2D eigenvalue weighted by Gasteiger charge is 2.11. The van der Waals surface area contributed by atoms with Crippen LogP contribution in [0.2, 0.25) is 0 Å². The van der Waals surface area contributed by atoms with Crippen molar-refractivity contribution in [1.29, 1.82) is 0 Å². The van der Waals surface area contributed by atoms with Crippen LogP contribution >= 0.6 is 15.9 Å². The maximum absolute atomic E-state index is 3.75. The summed E-state index contributed by atoms with van der Waals surface area (Å²) >= 11 is 3.75. The molecule has 86 valence electrons. The lowest BCUT2D eigenvalue weighted by Crippen LogP contribution is -1.92. The van der Waals surface area contributed by atoms with Crippen molar-refractivity contribution in [3.63, 3.8) is 0 Å². The van der Waals surface area contributed by atoms with Crippen molar-refractivity contribution < 1.29 is 0 Å². The molecule has 0 saturated carbocycles.